The fourth-order valence-electron chi connectivity index (χ4n) is 2.47. The van der Waals surface area contributed by atoms with Crippen LogP contribution in [0.4, 0.5) is 0 Å². The highest BCUT2D eigenvalue weighted by Crippen LogP contribution is 2.07. The van der Waals surface area contributed by atoms with Crippen LogP contribution in [0.2, 0.25) is 0 Å². The number of aliphatic hydroxyl groups excluding tert-OH is 2. The Balaban J connectivity index is 5.36. The molecule has 5 unspecified atom stereocenters. The van der Waals surface area contributed by atoms with Crippen LogP contribution in [0.1, 0.15) is 40.0 Å². The van der Waals surface area contributed by atoms with Gasteiger partial charge in [-0.1, -0.05) is 13.8 Å². The number of carbonyl (C=O) groups excluding carboxylic acids is 4. The molecular formula is C18H33N5O8. The van der Waals surface area contributed by atoms with Gasteiger partial charge in [-0.2, -0.15) is 0 Å². The minimum atomic E-state index is -1.51. The van der Waals surface area contributed by atoms with Gasteiger partial charge in [0, 0.05) is 6.42 Å². The Morgan fingerprint density at radius 3 is 1.77 bits per heavy atom. The number of hydrogen-bond donors (Lipinski definition) is 8. The molecule has 31 heavy (non-hydrogen) atoms. The monoisotopic (exact) mass is 447 g/mol. The molecule has 0 aliphatic rings. The summed E-state index contributed by atoms with van der Waals surface area (Å²) >= 11 is 0. The smallest absolute Gasteiger partial charge is 0.326 e. The Labute approximate surface area is 179 Å². The lowest BCUT2D eigenvalue weighted by Crippen LogP contribution is -2.59. The summed E-state index contributed by atoms with van der Waals surface area (Å²) in [7, 11) is 0. The Morgan fingerprint density at radius 1 is 0.871 bits per heavy atom. The molecule has 10 N–H and O–H groups in total. The molecule has 178 valence electrons. The minimum Gasteiger partial charge on any atom is -0.480 e. The molecule has 0 aromatic heterocycles. The molecule has 13 heteroatoms. The van der Waals surface area contributed by atoms with Gasteiger partial charge in [-0.3, -0.25) is 19.2 Å². The molecule has 0 saturated carbocycles. The molecule has 0 aromatic carbocycles. The van der Waals surface area contributed by atoms with E-state index < -0.39 is 66.5 Å². The van der Waals surface area contributed by atoms with Crippen LogP contribution in [0.3, 0.4) is 0 Å². The number of carboxylic acids is 1. The summed E-state index contributed by atoms with van der Waals surface area (Å²) in [4.78, 5) is 59.5. The van der Waals surface area contributed by atoms with Gasteiger partial charge in [-0.25, -0.2) is 4.79 Å². The van der Waals surface area contributed by atoms with E-state index in [1.54, 1.807) is 13.8 Å². The van der Waals surface area contributed by atoms with Crippen LogP contribution in [-0.4, -0.2) is 81.8 Å². The van der Waals surface area contributed by atoms with Crippen LogP contribution in [0.5, 0.6) is 0 Å². The third-order valence-corrected chi connectivity index (χ3v) is 4.27. The minimum absolute atomic E-state index is 0.0489. The number of carboxylic acid groups (broad SMARTS) is 1. The van der Waals surface area contributed by atoms with Crippen LogP contribution in [0.15, 0.2) is 0 Å². The molecule has 0 aliphatic carbocycles. The molecule has 4 amide bonds. The number of nitrogens with two attached hydrogens (primary N) is 2. The summed E-state index contributed by atoms with van der Waals surface area (Å²) in [6.45, 7) is 3.94. The standard InChI is InChI=1S/C18H33N5O8/c1-8(2)6-11(18(30)31)22-15(27)10(4-5-13(19)26)21-16(28)12(7-24)23-17(29)14(20)9(3)25/h8-12,14,24-25H,4-7,20H2,1-3H3,(H2,19,26)(H,21,28)(H,22,27)(H,23,29)(H,30,31). The van der Waals surface area contributed by atoms with Crippen molar-refractivity contribution in [2.24, 2.45) is 17.4 Å². The predicted molar refractivity (Wildman–Crippen MR) is 108 cm³/mol. The average molecular weight is 447 g/mol. The number of nitrogens with one attached hydrogen (secondary N) is 3. The first-order chi connectivity index (χ1) is 14.3. The highest BCUT2D eigenvalue weighted by molar-refractivity contribution is 5.94. The second-order valence-corrected chi connectivity index (χ2v) is 7.61. The van der Waals surface area contributed by atoms with Gasteiger partial charge in [0.25, 0.3) is 0 Å². The van der Waals surface area contributed by atoms with E-state index in [9.17, 15) is 39.3 Å². The number of amides is 4. The summed E-state index contributed by atoms with van der Waals surface area (Å²) in [5.41, 5.74) is 10.6. The summed E-state index contributed by atoms with van der Waals surface area (Å²) in [6.07, 6.45) is -1.61. The third kappa shape index (κ3) is 10.7. The summed E-state index contributed by atoms with van der Waals surface area (Å²) in [5.74, 6) is -4.83. The van der Waals surface area contributed by atoms with Crippen LogP contribution >= 0.6 is 0 Å². The van der Waals surface area contributed by atoms with E-state index in [4.69, 9.17) is 11.5 Å². The maximum atomic E-state index is 12.6. The lowest BCUT2D eigenvalue weighted by Gasteiger charge is -2.25. The highest BCUT2D eigenvalue weighted by Gasteiger charge is 2.31. The van der Waals surface area contributed by atoms with Crippen molar-refractivity contribution < 1.29 is 39.3 Å². The summed E-state index contributed by atoms with van der Waals surface area (Å²) in [5, 5.41) is 34.8. The zero-order valence-electron chi connectivity index (χ0n) is 17.8. The van der Waals surface area contributed by atoms with E-state index in [1.165, 1.54) is 6.92 Å². The normalized spacial score (nSPS) is 15.8. The van der Waals surface area contributed by atoms with E-state index in [1.807, 2.05) is 0 Å². The van der Waals surface area contributed by atoms with Crippen molar-refractivity contribution in [1.82, 2.24) is 16.0 Å². The maximum Gasteiger partial charge on any atom is 0.326 e. The molecule has 5 atom stereocenters. The first-order valence-corrected chi connectivity index (χ1v) is 9.76. The Morgan fingerprint density at radius 2 is 1.35 bits per heavy atom. The molecule has 0 bridgehead atoms. The molecule has 0 saturated heterocycles. The maximum absolute atomic E-state index is 12.6. The van der Waals surface area contributed by atoms with E-state index >= 15 is 0 Å². The molecule has 13 nitrogen and oxygen atoms in total. The zero-order valence-corrected chi connectivity index (χ0v) is 17.8. The highest BCUT2D eigenvalue weighted by atomic mass is 16.4. The van der Waals surface area contributed by atoms with E-state index in [2.05, 4.69) is 16.0 Å². The predicted octanol–water partition coefficient (Wildman–Crippen LogP) is -3.46. The van der Waals surface area contributed by atoms with Crippen molar-refractivity contribution in [3.8, 4) is 0 Å². The quantitative estimate of drug-likeness (QED) is 0.132. The zero-order chi connectivity index (χ0) is 24.3. The Kier molecular flexibility index (Phi) is 12.3. The molecule has 0 rings (SSSR count). The molecule has 0 radical (unpaired) electrons. The van der Waals surface area contributed by atoms with Crippen LogP contribution in [-0.2, 0) is 24.0 Å². The largest absolute Gasteiger partial charge is 0.480 e. The van der Waals surface area contributed by atoms with E-state index in [-0.39, 0.29) is 25.2 Å². The number of aliphatic carboxylic acids is 1. The van der Waals surface area contributed by atoms with Crippen LogP contribution in [0.25, 0.3) is 0 Å². The molecule has 0 fully saturated rings. The van der Waals surface area contributed by atoms with Crippen molar-refractivity contribution in [3.63, 3.8) is 0 Å². The van der Waals surface area contributed by atoms with Crippen molar-refractivity contribution >= 4 is 29.6 Å². The number of primary amides is 1. The van der Waals surface area contributed by atoms with Crippen molar-refractivity contribution in [2.75, 3.05) is 6.61 Å². The molecule has 0 heterocycles. The van der Waals surface area contributed by atoms with Crippen molar-refractivity contribution in [1.29, 1.82) is 0 Å². The molecule has 0 spiro atoms. The van der Waals surface area contributed by atoms with Gasteiger partial charge >= 0.3 is 5.97 Å². The average Bonchev–Trinajstić information content (AvgIpc) is 2.66. The second-order valence-electron chi connectivity index (χ2n) is 7.61. The molecule has 0 aromatic rings. The third-order valence-electron chi connectivity index (χ3n) is 4.27. The number of hydrogen-bond acceptors (Lipinski definition) is 8. The lowest BCUT2D eigenvalue weighted by molar-refractivity contribution is -0.143. The fraction of sp³-hybridized carbons (Fsp3) is 0.722. The van der Waals surface area contributed by atoms with Gasteiger partial charge in [0.1, 0.15) is 24.2 Å². The first-order valence-electron chi connectivity index (χ1n) is 9.76. The van der Waals surface area contributed by atoms with Gasteiger partial charge in [-0.15, -0.1) is 0 Å². The van der Waals surface area contributed by atoms with Crippen molar-refractivity contribution in [2.45, 2.75) is 70.3 Å². The van der Waals surface area contributed by atoms with E-state index in [0.29, 0.717) is 0 Å². The second kappa shape index (κ2) is 13.5. The fourth-order valence-corrected chi connectivity index (χ4v) is 2.47. The van der Waals surface area contributed by atoms with Crippen molar-refractivity contribution in [3.05, 3.63) is 0 Å². The van der Waals surface area contributed by atoms with Gasteiger partial charge in [0.15, 0.2) is 0 Å². The first kappa shape index (κ1) is 28.2. The number of aliphatic hydroxyl groups is 2. The number of rotatable bonds is 14. The van der Waals surface area contributed by atoms with Gasteiger partial charge in [0.2, 0.25) is 23.6 Å². The Bertz CT molecular complexity index is 655. The van der Waals surface area contributed by atoms with E-state index in [0.717, 1.165) is 0 Å². The van der Waals surface area contributed by atoms with Crippen LogP contribution in [0, 0.1) is 5.92 Å². The molecule has 0 aliphatic heterocycles. The van der Waals surface area contributed by atoms with Crippen LogP contribution < -0.4 is 27.4 Å². The summed E-state index contributed by atoms with van der Waals surface area (Å²) in [6, 6.07) is -5.45. The topological polar surface area (TPSA) is 234 Å². The molecular weight excluding hydrogens is 414 g/mol. The SMILES string of the molecule is CC(C)CC(NC(=O)C(CCC(N)=O)NC(=O)C(CO)NC(=O)C(N)C(C)O)C(=O)O. The Hall–Kier alpha value is -2.77. The lowest BCUT2D eigenvalue weighted by atomic mass is 10.0. The number of carbonyl (C=O) groups is 5. The summed E-state index contributed by atoms with van der Waals surface area (Å²) < 4.78 is 0. The van der Waals surface area contributed by atoms with Gasteiger partial charge in [0.05, 0.1) is 12.7 Å². The van der Waals surface area contributed by atoms with Gasteiger partial charge in [-0.05, 0) is 25.7 Å². The van der Waals surface area contributed by atoms with Gasteiger partial charge < -0.3 is 42.7 Å².